The van der Waals surface area contributed by atoms with Crippen molar-refractivity contribution < 1.29 is 0 Å². The molecule has 88 valence electrons. The molecule has 0 amide bonds. The molecule has 0 saturated carbocycles. The molecule has 1 aliphatic heterocycles. The number of halogens is 2. The lowest BCUT2D eigenvalue weighted by molar-refractivity contribution is 0.569. The highest BCUT2D eigenvalue weighted by Gasteiger charge is 2.22. The molecule has 1 atom stereocenters. The summed E-state index contributed by atoms with van der Waals surface area (Å²) >= 11 is 9.46. The quantitative estimate of drug-likeness (QED) is 0.747. The van der Waals surface area contributed by atoms with Crippen molar-refractivity contribution >= 4 is 33.2 Å². The molecule has 0 spiro atoms. The second-order valence-corrected chi connectivity index (χ2v) is 5.55. The first kappa shape index (κ1) is 12.3. The van der Waals surface area contributed by atoms with Crippen molar-refractivity contribution in [1.82, 2.24) is 0 Å². The smallest absolute Gasteiger partial charge is 0.0510 e. The van der Waals surface area contributed by atoms with Gasteiger partial charge in [0.15, 0.2) is 0 Å². The van der Waals surface area contributed by atoms with Crippen LogP contribution in [0.15, 0.2) is 22.7 Å². The largest absolute Gasteiger partial charge is 0.370 e. The van der Waals surface area contributed by atoms with Crippen molar-refractivity contribution in [2.45, 2.75) is 25.6 Å². The number of hydrogen-bond acceptors (Lipinski definition) is 1. The number of rotatable bonds is 3. The first-order valence-electron chi connectivity index (χ1n) is 5.84. The molecule has 1 saturated heterocycles. The minimum absolute atomic E-state index is 0.580. The Morgan fingerprint density at radius 2 is 2.31 bits per heavy atom. The summed E-state index contributed by atoms with van der Waals surface area (Å²) in [4.78, 5) is 2.47. The zero-order chi connectivity index (χ0) is 11.5. The van der Waals surface area contributed by atoms with E-state index in [0.717, 1.165) is 5.92 Å². The van der Waals surface area contributed by atoms with Crippen molar-refractivity contribution in [3.63, 3.8) is 0 Å². The van der Waals surface area contributed by atoms with E-state index in [2.05, 4.69) is 46.0 Å². The molecule has 1 heterocycles. The van der Waals surface area contributed by atoms with Crippen molar-refractivity contribution in [2.24, 2.45) is 5.92 Å². The van der Waals surface area contributed by atoms with Gasteiger partial charge in [0.2, 0.25) is 0 Å². The van der Waals surface area contributed by atoms with Gasteiger partial charge < -0.3 is 4.90 Å². The summed E-state index contributed by atoms with van der Waals surface area (Å²) in [6, 6.07) is 6.42. The average Bonchev–Trinajstić information content (AvgIpc) is 2.77. The van der Waals surface area contributed by atoms with Gasteiger partial charge in [0.05, 0.1) is 5.69 Å². The number of benzene rings is 1. The molecule has 16 heavy (non-hydrogen) atoms. The molecular formula is C13H17BrClN. The Morgan fingerprint density at radius 3 is 2.88 bits per heavy atom. The van der Waals surface area contributed by atoms with E-state index in [-0.39, 0.29) is 0 Å². The molecule has 1 aliphatic rings. The van der Waals surface area contributed by atoms with E-state index in [0.29, 0.717) is 5.88 Å². The van der Waals surface area contributed by atoms with Crippen LogP contribution in [-0.2, 0) is 5.88 Å². The molecule has 1 fully saturated rings. The maximum atomic E-state index is 5.82. The lowest BCUT2D eigenvalue weighted by Gasteiger charge is -2.20. The van der Waals surface area contributed by atoms with E-state index < -0.39 is 0 Å². The van der Waals surface area contributed by atoms with Crippen LogP contribution in [0.2, 0.25) is 0 Å². The zero-order valence-electron chi connectivity index (χ0n) is 9.55. The van der Waals surface area contributed by atoms with E-state index in [1.54, 1.807) is 0 Å². The molecular weight excluding hydrogens is 286 g/mol. The summed E-state index contributed by atoms with van der Waals surface area (Å²) < 4.78 is 1.17. The van der Waals surface area contributed by atoms with Crippen molar-refractivity contribution in [1.29, 1.82) is 0 Å². The lowest BCUT2D eigenvalue weighted by atomic mass is 10.1. The first-order chi connectivity index (χ1) is 7.74. The normalized spacial score (nSPS) is 20.4. The van der Waals surface area contributed by atoms with Crippen LogP contribution >= 0.6 is 27.5 Å². The third-order valence-corrected chi connectivity index (χ3v) is 4.31. The average molecular weight is 303 g/mol. The fourth-order valence-corrected chi connectivity index (χ4v) is 3.12. The Kier molecular flexibility index (Phi) is 4.15. The minimum Gasteiger partial charge on any atom is -0.370 e. The third-order valence-electron chi connectivity index (χ3n) is 3.37. The third kappa shape index (κ3) is 2.54. The molecule has 0 aliphatic carbocycles. The fourth-order valence-electron chi connectivity index (χ4n) is 2.27. The highest BCUT2D eigenvalue weighted by atomic mass is 79.9. The number of anilines is 1. The van der Waals surface area contributed by atoms with Gasteiger partial charge in [0.1, 0.15) is 0 Å². The number of nitrogens with zero attached hydrogens (tertiary/aromatic N) is 1. The fraction of sp³-hybridized carbons (Fsp3) is 0.538. The highest BCUT2D eigenvalue weighted by Crippen LogP contribution is 2.32. The van der Waals surface area contributed by atoms with Gasteiger partial charge in [-0.05, 0) is 46.0 Å². The molecule has 0 N–H and O–H groups in total. The van der Waals surface area contributed by atoms with Crippen molar-refractivity contribution in [3.05, 3.63) is 28.2 Å². The Labute approximate surface area is 111 Å². The van der Waals surface area contributed by atoms with Crippen molar-refractivity contribution in [3.8, 4) is 0 Å². The van der Waals surface area contributed by atoms with Crippen LogP contribution in [0.4, 0.5) is 5.69 Å². The Hall–Kier alpha value is -0.210. The second kappa shape index (κ2) is 5.42. The van der Waals surface area contributed by atoms with Crippen LogP contribution in [0.1, 0.15) is 25.3 Å². The Bertz CT molecular complexity index is 367. The van der Waals surface area contributed by atoms with Gasteiger partial charge in [-0.3, -0.25) is 0 Å². The summed E-state index contributed by atoms with van der Waals surface area (Å²) in [6.45, 7) is 4.65. The molecule has 2 rings (SSSR count). The molecule has 0 radical (unpaired) electrons. The van der Waals surface area contributed by atoms with E-state index in [4.69, 9.17) is 11.6 Å². The van der Waals surface area contributed by atoms with Crippen molar-refractivity contribution in [2.75, 3.05) is 18.0 Å². The molecule has 1 unspecified atom stereocenters. The van der Waals surface area contributed by atoms with Crippen LogP contribution in [-0.4, -0.2) is 13.1 Å². The molecule has 1 nitrogen and oxygen atoms in total. The molecule has 0 bridgehead atoms. The summed E-state index contributed by atoms with van der Waals surface area (Å²) in [5.74, 6) is 1.44. The number of alkyl halides is 1. The monoisotopic (exact) mass is 301 g/mol. The van der Waals surface area contributed by atoms with E-state index in [1.165, 1.54) is 41.7 Å². The van der Waals surface area contributed by atoms with Gasteiger partial charge in [-0.2, -0.15) is 0 Å². The lowest BCUT2D eigenvalue weighted by Crippen LogP contribution is -2.19. The molecule has 0 aromatic heterocycles. The Morgan fingerprint density at radius 1 is 1.50 bits per heavy atom. The summed E-state index contributed by atoms with van der Waals surface area (Å²) in [6.07, 6.45) is 2.61. The predicted octanol–water partition coefficient (Wildman–Crippen LogP) is 4.42. The second-order valence-electron chi connectivity index (χ2n) is 4.43. The van der Waals surface area contributed by atoms with E-state index in [9.17, 15) is 0 Å². The van der Waals surface area contributed by atoms with E-state index in [1.807, 2.05) is 0 Å². The summed E-state index contributed by atoms with van der Waals surface area (Å²) in [7, 11) is 0. The molecule has 1 aromatic carbocycles. The van der Waals surface area contributed by atoms with Crippen LogP contribution in [0.25, 0.3) is 0 Å². The topological polar surface area (TPSA) is 3.24 Å². The Balaban J connectivity index is 2.15. The minimum atomic E-state index is 0.580. The first-order valence-corrected chi connectivity index (χ1v) is 7.16. The van der Waals surface area contributed by atoms with Gasteiger partial charge in [0, 0.05) is 23.4 Å². The van der Waals surface area contributed by atoms with Gasteiger partial charge in [-0.1, -0.05) is 19.4 Å². The van der Waals surface area contributed by atoms with E-state index >= 15 is 0 Å². The van der Waals surface area contributed by atoms with Crippen LogP contribution in [0.3, 0.4) is 0 Å². The van der Waals surface area contributed by atoms with Gasteiger partial charge in [-0.15, -0.1) is 11.6 Å². The molecule has 3 heteroatoms. The summed E-state index contributed by atoms with van der Waals surface area (Å²) in [5.41, 5.74) is 2.48. The summed E-state index contributed by atoms with van der Waals surface area (Å²) in [5, 5.41) is 0. The SMILES string of the molecule is CCC1CCN(c2ccc(CCl)cc2Br)C1. The maximum Gasteiger partial charge on any atom is 0.0510 e. The van der Waals surface area contributed by atoms with Crippen LogP contribution in [0, 0.1) is 5.92 Å². The zero-order valence-corrected chi connectivity index (χ0v) is 11.9. The van der Waals surface area contributed by atoms with Gasteiger partial charge >= 0.3 is 0 Å². The van der Waals surface area contributed by atoms with Gasteiger partial charge in [0.25, 0.3) is 0 Å². The number of hydrogen-bond donors (Lipinski definition) is 0. The standard InChI is InChI=1S/C13H17BrClN/c1-2-10-5-6-16(9-10)13-4-3-11(8-15)7-12(13)14/h3-4,7,10H,2,5-6,8-9H2,1H3. The maximum absolute atomic E-state index is 5.82. The predicted molar refractivity (Wildman–Crippen MR) is 74.3 cm³/mol. The molecule has 1 aromatic rings. The van der Waals surface area contributed by atoms with Gasteiger partial charge in [-0.25, -0.2) is 0 Å². The van der Waals surface area contributed by atoms with Crippen LogP contribution in [0.5, 0.6) is 0 Å². The van der Waals surface area contributed by atoms with Crippen LogP contribution < -0.4 is 4.90 Å². The highest BCUT2D eigenvalue weighted by molar-refractivity contribution is 9.10.